The number of ether oxygens (including phenoxy) is 1. The van der Waals surface area contributed by atoms with E-state index in [-0.39, 0.29) is 23.7 Å². The lowest BCUT2D eigenvalue weighted by Gasteiger charge is -2.16. The fraction of sp³-hybridized carbons (Fsp3) is 0.438. The van der Waals surface area contributed by atoms with Crippen molar-refractivity contribution >= 4 is 17.8 Å². The normalized spacial score (nSPS) is 11.9. The number of rotatable bonds is 9. The standard InChI is InChI=1S/C16H20F2N2O5/c1-9(2)7-12(15(23)24)20-13(21)8-19-14(22)10-3-5-11(6-4-10)25-16(17)18/h3-6,9,12,16H,7-8H2,1-2H3,(H,19,22)(H,20,21)(H,23,24)/t12-/m0/s1. The Morgan fingerprint density at radius 3 is 2.24 bits per heavy atom. The zero-order chi connectivity index (χ0) is 19.0. The molecule has 0 aliphatic rings. The largest absolute Gasteiger partial charge is 0.480 e. The van der Waals surface area contributed by atoms with E-state index in [1.165, 1.54) is 24.3 Å². The number of carbonyl (C=O) groups is 3. The van der Waals surface area contributed by atoms with E-state index in [4.69, 9.17) is 5.11 Å². The van der Waals surface area contributed by atoms with Crippen LogP contribution in [0.3, 0.4) is 0 Å². The van der Waals surface area contributed by atoms with E-state index in [1.54, 1.807) is 0 Å². The van der Waals surface area contributed by atoms with E-state index in [0.29, 0.717) is 0 Å². The molecule has 138 valence electrons. The number of carboxylic acid groups (broad SMARTS) is 1. The van der Waals surface area contributed by atoms with Crippen molar-refractivity contribution in [3.8, 4) is 5.75 Å². The molecule has 3 N–H and O–H groups in total. The third-order valence-corrected chi connectivity index (χ3v) is 3.09. The minimum Gasteiger partial charge on any atom is -0.480 e. The molecule has 0 spiro atoms. The second kappa shape index (κ2) is 9.55. The Kier molecular flexibility index (Phi) is 7.77. The first-order chi connectivity index (χ1) is 11.7. The molecule has 9 heteroatoms. The highest BCUT2D eigenvalue weighted by atomic mass is 19.3. The molecule has 0 radical (unpaired) electrons. The van der Waals surface area contributed by atoms with Gasteiger partial charge in [0.1, 0.15) is 11.8 Å². The first kappa shape index (κ1) is 20.3. The maximum Gasteiger partial charge on any atom is 0.387 e. The number of alkyl halides is 2. The van der Waals surface area contributed by atoms with E-state index < -0.39 is 37.0 Å². The molecule has 0 saturated heterocycles. The Hall–Kier alpha value is -2.71. The van der Waals surface area contributed by atoms with Crippen LogP contribution in [0.1, 0.15) is 30.6 Å². The number of hydrogen-bond donors (Lipinski definition) is 3. The van der Waals surface area contributed by atoms with Gasteiger partial charge in [0.2, 0.25) is 5.91 Å². The van der Waals surface area contributed by atoms with Crippen LogP contribution in [-0.4, -0.2) is 42.1 Å². The third-order valence-electron chi connectivity index (χ3n) is 3.09. The molecule has 0 unspecified atom stereocenters. The summed E-state index contributed by atoms with van der Waals surface area (Å²) in [5.74, 6) is -2.41. The average Bonchev–Trinajstić information content (AvgIpc) is 2.51. The highest BCUT2D eigenvalue weighted by molar-refractivity contribution is 5.96. The molecular formula is C16H20F2N2O5. The Morgan fingerprint density at radius 1 is 1.16 bits per heavy atom. The molecule has 1 atom stereocenters. The summed E-state index contributed by atoms with van der Waals surface area (Å²) in [6.07, 6.45) is 0.265. The van der Waals surface area contributed by atoms with Crippen molar-refractivity contribution in [2.45, 2.75) is 32.9 Å². The van der Waals surface area contributed by atoms with Gasteiger partial charge in [-0.2, -0.15) is 8.78 Å². The molecule has 0 saturated carbocycles. The van der Waals surface area contributed by atoms with Crippen LogP contribution in [0.4, 0.5) is 8.78 Å². The quantitative estimate of drug-likeness (QED) is 0.622. The molecule has 0 aliphatic heterocycles. The number of hydrogen-bond acceptors (Lipinski definition) is 4. The van der Waals surface area contributed by atoms with Gasteiger partial charge in [-0.15, -0.1) is 0 Å². The van der Waals surface area contributed by atoms with Crippen LogP contribution in [0.15, 0.2) is 24.3 Å². The van der Waals surface area contributed by atoms with Gasteiger partial charge in [-0.1, -0.05) is 13.8 Å². The molecule has 0 fully saturated rings. The maximum atomic E-state index is 12.0. The highest BCUT2D eigenvalue weighted by Crippen LogP contribution is 2.14. The van der Waals surface area contributed by atoms with Gasteiger partial charge in [-0.3, -0.25) is 9.59 Å². The first-order valence-electron chi connectivity index (χ1n) is 7.54. The van der Waals surface area contributed by atoms with Crippen molar-refractivity contribution in [3.05, 3.63) is 29.8 Å². The van der Waals surface area contributed by atoms with Crippen molar-refractivity contribution in [1.29, 1.82) is 0 Å². The van der Waals surface area contributed by atoms with Crippen LogP contribution in [-0.2, 0) is 9.59 Å². The van der Waals surface area contributed by atoms with E-state index in [9.17, 15) is 23.2 Å². The van der Waals surface area contributed by atoms with Crippen LogP contribution >= 0.6 is 0 Å². The topological polar surface area (TPSA) is 105 Å². The third kappa shape index (κ3) is 7.60. The number of aliphatic carboxylic acids is 1. The van der Waals surface area contributed by atoms with Gasteiger partial charge < -0.3 is 20.5 Å². The summed E-state index contributed by atoms with van der Waals surface area (Å²) in [7, 11) is 0. The van der Waals surface area contributed by atoms with Crippen molar-refractivity contribution in [3.63, 3.8) is 0 Å². The fourth-order valence-electron chi connectivity index (χ4n) is 1.99. The number of carbonyl (C=O) groups excluding carboxylic acids is 2. The van der Waals surface area contributed by atoms with Crippen LogP contribution in [0.5, 0.6) is 5.75 Å². The summed E-state index contributed by atoms with van der Waals surface area (Å²) in [4.78, 5) is 34.7. The Labute approximate surface area is 143 Å². The molecule has 7 nitrogen and oxygen atoms in total. The summed E-state index contributed by atoms with van der Waals surface area (Å²) in [6, 6.07) is 3.90. The predicted molar refractivity (Wildman–Crippen MR) is 84.4 cm³/mol. The molecule has 1 aromatic rings. The smallest absolute Gasteiger partial charge is 0.387 e. The first-order valence-corrected chi connectivity index (χ1v) is 7.54. The van der Waals surface area contributed by atoms with Gasteiger partial charge in [0.25, 0.3) is 5.91 Å². The average molecular weight is 358 g/mol. The zero-order valence-corrected chi connectivity index (χ0v) is 13.8. The molecule has 0 heterocycles. The van der Waals surface area contributed by atoms with Crippen molar-refractivity contribution in [2.24, 2.45) is 5.92 Å². The molecule has 0 aromatic heterocycles. The van der Waals surface area contributed by atoms with Gasteiger partial charge in [-0.05, 0) is 36.6 Å². The second-order valence-corrected chi connectivity index (χ2v) is 5.67. The highest BCUT2D eigenvalue weighted by Gasteiger charge is 2.21. The molecular weight excluding hydrogens is 338 g/mol. The number of nitrogens with one attached hydrogen (secondary N) is 2. The lowest BCUT2D eigenvalue weighted by Crippen LogP contribution is -2.46. The van der Waals surface area contributed by atoms with Gasteiger partial charge in [0, 0.05) is 5.56 Å². The van der Waals surface area contributed by atoms with Gasteiger partial charge in [0.15, 0.2) is 0 Å². The van der Waals surface area contributed by atoms with Crippen molar-refractivity contribution in [1.82, 2.24) is 10.6 Å². The minimum atomic E-state index is -2.96. The lowest BCUT2D eigenvalue weighted by atomic mass is 10.0. The molecule has 1 aromatic carbocycles. The number of benzene rings is 1. The molecule has 0 aliphatic carbocycles. The van der Waals surface area contributed by atoms with Crippen molar-refractivity contribution in [2.75, 3.05) is 6.54 Å². The van der Waals surface area contributed by atoms with Crippen molar-refractivity contribution < 1.29 is 33.0 Å². The number of amides is 2. The van der Waals surface area contributed by atoms with Gasteiger partial charge in [0.05, 0.1) is 6.54 Å². The summed E-state index contributed by atoms with van der Waals surface area (Å²) in [5, 5.41) is 13.7. The number of carboxylic acids is 1. The van der Waals surface area contributed by atoms with Crippen LogP contribution in [0.25, 0.3) is 0 Å². The zero-order valence-electron chi connectivity index (χ0n) is 13.8. The fourth-order valence-corrected chi connectivity index (χ4v) is 1.99. The molecule has 0 bridgehead atoms. The summed E-state index contributed by atoms with van der Waals surface area (Å²) >= 11 is 0. The summed E-state index contributed by atoms with van der Waals surface area (Å²) in [5.41, 5.74) is 0.145. The number of halogens is 2. The van der Waals surface area contributed by atoms with Crippen LogP contribution in [0.2, 0.25) is 0 Å². The van der Waals surface area contributed by atoms with Gasteiger partial charge in [-0.25, -0.2) is 4.79 Å². The predicted octanol–water partition coefficient (Wildman–Crippen LogP) is 1.63. The van der Waals surface area contributed by atoms with Gasteiger partial charge >= 0.3 is 12.6 Å². The molecule has 25 heavy (non-hydrogen) atoms. The van der Waals surface area contributed by atoms with Crippen LogP contribution in [0, 0.1) is 5.92 Å². The maximum absolute atomic E-state index is 12.0. The van der Waals surface area contributed by atoms with E-state index in [2.05, 4.69) is 15.4 Å². The van der Waals surface area contributed by atoms with E-state index in [1.807, 2.05) is 13.8 Å². The summed E-state index contributed by atoms with van der Waals surface area (Å²) < 4.78 is 28.2. The van der Waals surface area contributed by atoms with Crippen LogP contribution < -0.4 is 15.4 Å². The second-order valence-electron chi connectivity index (χ2n) is 5.67. The lowest BCUT2D eigenvalue weighted by molar-refractivity contribution is -0.142. The van der Waals surface area contributed by atoms with E-state index in [0.717, 1.165) is 0 Å². The molecule has 1 rings (SSSR count). The minimum absolute atomic E-state index is 0.0740. The Bertz CT molecular complexity index is 605. The van der Waals surface area contributed by atoms with E-state index >= 15 is 0 Å². The summed E-state index contributed by atoms with van der Waals surface area (Å²) in [6.45, 7) is 0.281. The monoisotopic (exact) mass is 358 g/mol. The molecule has 2 amide bonds. The SMILES string of the molecule is CC(C)C[C@H](NC(=O)CNC(=O)c1ccc(OC(F)F)cc1)C(=O)O. The Balaban J connectivity index is 2.52. The Morgan fingerprint density at radius 2 is 1.76 bits per heavy atom.